The number of hydrogen-bond acceptors (Lipinski definition) is 9. The van der Waals surface area contributed by atoms with Crippen LogP contribution in [0.3, 0.4) is 0 Å². The summed E-state index contributed by atoms with van der Waals surface area (Å²) in [5.74, 6) is -7.66. The van der Waals surface area contributed by atoms with E-state index in [0.29, 0.717) is 5.56 Å². The van der Waals surface area contributed by atoms with Crippen LogP contribution in [0.5, 0.6) is 5.75 Å². The average molecular weight is 550 g/mol. The molecular formula is C23H24BrN3O8. The molecule has 12 heteroatoms. The van der Waals surface area contributed by atoms with Gasteiger partial charge in [0.2, 0.25) is 11.7 Å². The van der Waals surface area contributed by atoms with E-state index in [-0.39, 0.29) is 35.0 Å². The molecule has 1 fully saturated rings. The molecule has 7 N–H and O–H groups in total. The number of Topliss-reactive ketones (excluding diaryl/α,β-unsaturated/α-hetero) is 2. The fraction of sp³-hybridized carbons (Fsp3) is 0.391. The molecule has 0 saturated heterocycles. The van der Waals surface area contributed by atoms with Crippen LogP contribution in [0, 0.1) is 11.8 Å². The van der Waals surface area contributed by atoms with Gasteiger partial charge in [-0.3, -0.25) is 24.1 Å². The van der Waals surface area contributed by atoms with Crippen molar-refractivity contribution >= 4 is 50.8 Å². The molecule has 35 heavy (non-hydrogen) atoms. The Hall–Kier alpha value is -3.22. The number of nitrogens with two attached hydrogens (primary N) is 1. The van der Waals surface area contributed by atoms with E-state index in [0.717, 1.165) is 0 Å². The molecule has 4 atom stereocenters. The van der Waals surface area contributed by atoms with Crippen LogP contribution >= 0.6 is 15.9 Å². The van der Waals surface area contributed by atoms with Crippen molar-refractivity contribution in [1.82, 2.24) is 4.90 Å². The summed E-state index contributed by atoms with van der Waals surface area (Å²) < 4.78 is 0. The summed E-state index contributed by atoms with van der Waals surface area (Å²) in [7, 11) is 3.07. The first kappa shape index (κ1) is 24.9. The summed E-state index contributed by atoms with van der Waals surface area (Å²) in [6.07, 6.45) is 0.184. The number of benzene rings is 1. The van der Waals surface area contributed by atoms with Gasteiger partial charge >= 0.3 is 0 Å². The van der Waals surface area contributed by atoms with Crippen LogP contribution in [-0.4, -0.2) is 79.8 Å². The standard InChI is InChI=1S/C23H24BrN3O8/c1-27(2)16-10-6-9-5-8-3-4-11(26-12(28)7-24)17(29)13(8)18(30)14(9)20(32)23(10,35)21(33)15(19(16)31)22(25)34/h3-4,9-10,16,29-30,33,35H,5-7H2,1-2H3,(H2,25,34)(H,26,28)/t9?,10?,16-,23?/m0/s1. The summed E-state index contributed by atoms with van der Waals surface area (Å²) in [6.45, 7) is 0. The number of aromatic hydroxyl groups is 1. The van der Waals surface area contributed by atoms with Crippen molar-refractivity contribution in [3.05, 3.63) is 40.2 Å². The maximum Gasteiger partial charge on any atom is 0.255 e. The zero-order valence-electron chi connectivity index (χ0n) is 18.8. The molecular weight excluding hydrogens is 526 g/mol. The van der Waals surface area contributed by atoms with Gasteiger partial charge in [-0.15, -0.1) is 0 Å². The highest BCUT2D eigenvalue weighted by Crippen LogP contribution is 2.53. The van der Waals surface area contributed by atoms with E-state index in [1.165, 1.54) is 25.1 Å². The lowest BCUT2D eigenvalue weighted by atomic mass is 9.57. The van der Waals surface area contributed by atoms with Crippen molar-refractivity contribution in [1.29, 1.82) is 0 Å². The first-order chi connectivity index (χ1) is 16.4. The van der Waals surface area contributed by atoms with Crippen LogP contribution in [0.2, 0.25) is 0 Å². The van der Waals surface area contributed by atoms with Crippen molar-refractivity contribution in [3.8, 4) is 5.75 Å². The van der Waals surface area contributed by atoms with Gasteiger partial charge < -0.3 is 31.5 Å². The number of phenolic OH excluding ortho intramolecular Hbond substituents is 1. The molecule has 3 unspecified atom stereocenters. The lowest BCUT2D eigenvalue weighted by molar-refractivity contribution is -0.153. The number of hydrogen-bond donors (Lipinski definition) is 6. The molecule has 1 saturated carbocycles. The highest BCUT2D eigenvalue weighted by molar-refractivity contribution is 9.09. The first-order valence-electron chi connectivity index (χ1n) is 10.7. The third kappa shape index (κ3) is 3.46. The number of primary amides is 1. The Balaban J connectivity index is 1.92. The predicted octanol–water partition coefficient (Wildman–Crippen LogP) is 0.297. The minimum absolute atomic E-state index is 0.00772. The molecule has 1 aromatic carbocycles. The monoisotopic (exact) mass is 549 g/mol. The van der Waals surface area contributed by atoms with Crippen molar-refractivity contribution in [2.24, 2.45) is 17.6 Å². The number of nitrogens with zero attached hydrogens (tertiary/aromatic N) is 1. The summed E-state index contributed by atoms with van der Waals surface area (Å²) in [5.41, 5.74) is 1.89. The van der Waals surface area contributed by atoms with Crippen LogP contribution < -0.4 is 11.1 Å². The van der Waals surface area contributed by atoms with Gasteiger partial charge in [-0.2, -0.15) is 0 Å². The van der Waals surface area contributed by atoms with Crippen LogP contribution in [0.1, 0.15) is 17.5 Å². The zero-order chi connectivity index (χ0) is 26.0. The predicted molar refractivity (Wildman–Crippen MR) is 127 cm³/mol. The second-order valence-electron chi connectivity index (χ2n) is 9.14. The molecule has 0 bridgehead atoms. The number of aliphatic hydroxyl groups excluding tert-OH is 2. The Morgan fingerprint density at radius 3 is 2.46 bits per heavy atom. The number of rotatable bonds is 4. The van der Waals surface area contributed by atoms with Crippen LogP contribution in [-0.2, 0) is 25.6 Å². The van der Waals surface area contributed by atoms with Gasteiger partial charge in [-0.1, -0.05) is 22.0 Å². The fourth-order valence-corrected chi connectivity index (χ4v) is 5.64. The number of alkyl halides is 1. The van der Waals surface area contributed by atoms with Gasteiger partial charge in [0.25, 0.3) is 5.91 Å². The van der Waals surface area contributed by atoms with Crippen LogP contribution in [0.4, 0.5) is 5.69 Å². The third-order valence-corrected chi connectivity index (χ3v) is 7.50. The topological polar surface area (TPSA) is 190 Å². The summed E-state index contributed by atoms with van der Waals surface area (Å²) in [4.78, 5) is 51.9. The maximum atomic E-state index is 13.7. The molecule has 0 aromatic heterocycles. The number of phenols is 1. The molecule has 2 amide bonds. The van der Waals surface area contributed by atoms with Gasteiger partial charge in [0.15, 0.2) is 11.4 Å². The molecule has 0 aliphatic heterocycles. The Bertz CT molecular complexity index is 1250. The maximum absolute atomic E-state index is 13.7. The molecule has 186 valence electrons. The largest absolute Gasteiger partial charge is 0.508 e. The van der Waals surface area contributed by atoms with Gasteiger partial charge in [-0.05, 0) is 44.5 Å². The van der Waals surface area contributed by atoms with E-state index in [4.69, 9.17) is 5.73 Å². The van der Waals surface area contributed by atoms with E-state index < -0.39 is 69.7 Å². The number of nitrogens with one attached hydrogen (secondary N) is 1. The second kappa shape index (κ2) is 8.47. The SMILES string of the molecule is CN(C)[C@@H]1C(=O)C(C(N)=O)=C(O)C2(O)C(=O)C3=C(O)c4c(ccc(NC(=O)CBr)c4O)CC3CC12. The zero-order valence-corrected chi connectivity index (χ0v) is 20.4. The Morgan fingerprint density at radius 2 is 1.89 bits per heavy atom. The van der Waals surface area contributed by atoms with Gasteiger partial charge in [0.1, 0.15) is 22.8 Å². The smallest absolute Gasteiger partial charge is 0.255 e. The number of fused-ring (bicyclic) bond motifs is 3. The first-order valence-corrected chi connectivity index (χ1v) is 11.8. The average Bonchev–Trinajstić information content (AvgIpc) is 2.77. The Kier molecular flexibility index (Phi) is 6.02. The Morgan fingerprint density at radius 1 is 1.23 bits per heavy atom. The van der Waals surface area contributed by atoms with Crippen molar-refractivity contribution in [2.45, 2.75) is 24.5 Å². The number of likely N-dealkylation sites (N-methyl/N-ethyl adjacent to an activating group) is 1. The number of carbonyl (C=O) groups excluding carboxylic acids is 4. The summed E-state index contributed by atoms with van der Waals surface area (Å²) >= 11 is 3.00. The van der Waals surface area contributed by atoms with Gasteiger partial charge in [0, 0.05) is 11.5 Å². The number of carbonyl (C=O) groups is 4. The lowest BCUT2D eigenvalue weighted by Gasteiger charge is -2.50. The molecule has 3 aliphatic carbocycles. The van der Waals surface area contributed by atoms with Crippen molar-refractivity contribution in [2.75, 3.05) is 24.7 Å². The van der Waals surface area contributed by atoms with E-state index in [9.17, 15) is 39.6 Å². The van der Waals surface area contributed by atoms with Gasteiger partial charge in [0.05, 0.1) is 22.6 Å². The van der Waals surface area contributed by atoms with E-state index in [2.05, 4.69) is 21.2 Å². The minimum atomic E-state index is -2.69. The van der Waals surface area contributed by atoms with E-state index in [1.807, 2.05) is 0 Å². The third-order valence-electron chi connectivity index (χ3n) is 6.99. The summed E-state index contributed by atoms with van der Waals surface area (Å²) in [6, 6.07) is 1.92. The number of aliphatic hydroxyl groups is 3. The molecule has 0 spiro atoms. The molecule has 4 rings (SSSR count). The number of ketones is 2. The fourth-order valence-electron chi connectivity index (χ4n) is 5.50. The molecule has 3 aliphatic rings. The van der Waals surface area contributed by atoms with Crippen molar-refractivity contribution in [3.63, 3.8) is 0 Å². The molecule has 11 nitrogen and oxygen atoms in total. The van der Waals surface area contributed by atoms with Gasteiger partial charge in [-0.25, -0.2) is 0 Å². The highest BCUT2D eigenvalue weighted by atomic mass is 79.9. The number of anilines is 1. The quantitative estimate of drug-likeness (QED) is 0.174. The van der Waals surface area contributed by atoms with Crippen LogP contribution in [0.15, 0.2) is 29.0 Å². The minimum Gasteiger partial charge on any atom is -0.508 e. The molecule has 1 aromatic rings. The normalized spacial score (nSPS) is 28.0. The number of halogens is 1. The summed E-state index contributed by atoms with van der Waals surface area (Å²) in [5, 5.41) is 46.7. The lowest BCUT2D eigenvalue weighted by Crippen LogP contribution is -2.65. The van der Waals surface area contributed by atoms with Crippen molar-refractivity contribution < 1.29 is 39.6 Å². The molecule has 0 radical (unpaired) electrons. The number of amides is 2. The van der Waals surface area contributed by atoms with Crippen LogP contribution in [0.25, 0.3) is 5.76 Å². The molecule has 0 heterocycles. The van der Waals surface area contributed by atoms with E-state index in [1.54, 1.807) is 6.07 Å². The second-order valence-corrected chi connectivity index (χ2v) is 9.70. The Labute approximate surface area is 208 Å². The highest BCUT2D eigenvalue weighted by Gasteiger charge is 2.64. The van der Waals surface area contributed by atoms with E-state index >= 15 is 0 Å².